The normalized spacial score (nSPS) is 11.8. The van der Waals surface area contributed by atoms with Crippen LogP contribution in [0.3, 0.4) is 0 Å². The van der Waals surface area contributed by atoms with Crippen molar-refractivity contribution < 1.29 is 33.6 Å². The summed E-state index contributed by atoms with van der Waals surface area (Å²) < 4.78 is 24.1. The number of aromatic nitrogens is 2. The number of halogens is 4. The Morgan fingerprint density at radius 2 is 1.10 bits per heavy atom. The Morgan fingerprint density at radius 1 is 0.639 bits per heavy atom. The van der Waals surface area contributed by atoms with Gasteiger partial charge in [-0.2, -0.15) is 10.5 Å². The molecule has 4 aromatic carbocycles. The number of carboxylic acid groups (broad SMARTS) is 1. The van der Waals surface area contributed by atoms with Crippen molar-refractivity contribution in [1.29, 1.82) is 10.5 Å². The molecule has 2 aromatic heterocycles. The summed E-state index contributed by atoms with van der Waals surface area (Å²) in [6, 6.07) is 23.8. The summed E-state index contributed by atoms with van der Waals surface area (Å²) in [5.74, 6) is -0.960. The largest absolute Gasteiger partial charge is 0.488 e. The van der Waals surface area contributed by atoms with Gasteiger partial charge in [-0.1, -0.05) is 82.8 Å². The van der Waals surface area contributed by atoms with E-state index in [9.17, 15) is 25.2 Å². The molecule has 1 aliphatic rings. The fourth-order valence-electron chi connectivity index (χ4n) is 6.05. The maximum atomic E-state index is 13.2. The van der Waals surface area contributed by atoms with Crippen LogP contribution in [0.2, 0.25) is 20.1 Å². The number of amides is 1. The molecule has 1 aliphatic carbocycles. The van der Waals surface area contributed by atoms with Gasteiger partial charge in [-0.15, -0.1) is 0 Å². The first kappa shape index (κ1) is 42.6. The first-order valence-electron chi connectivity index (χ1n) is 18.5. The Bertz CT molecular complexity index is 2750. The number of ether oxygens (including phenoxy) is 4. The Kier molecular flexibility index (Phi) is 13.4. The number of hydrogen-bond acceptors (Lipinski definition) is 10. The van der Waals surface area contributed by atoms with Gasteiger partial charge in [0.05, 0.1) is 36.8 Å². The monoisotopic (exact) mass is 893 g/mol. The van der Waals surface area contributed by atoms with Gasteiger partial charge in [0.25, 0.3) is 5.91 Å². The molecular formula is C45H31Cl4N5O7. The van der Waals surface area contributed by atoms with Crippen molar-refractivity contribution in [3.05, 3.63) is 162 Å². The molecule has 2 heterocycles. The van der Waals surface area contributed by atoms with E-state index in [0.717, 1.165) is 12.8 Å². The highest BCUT2D eigenvalue weighted by molar-refractivity contribution is 6.37. The number of carbonyl (C=O) groups is 2. The van der Waals surface area contributed by atoms with E-state index in [-0.39, 0.29) is 82.5 Å². The highest BCUT2D eigenvalue weighted by atomic mass is 35.5. The molecule has 7 rings (SSSR count). The number of rotatable bonds is 16. The van der Waals surface area contributed by atoms with Crippen LogP contribution in [0.4, 0.5) is 0 Å². The third kappa shape index (κ3) is 10.4. The van der Waals surface area contributed by atoms with Gasteiger partial charge < -0.3 is 29.4 Å². The number of nitrogens with one attached hydrogen (secondary N) is 1. The van der Waals surface area contributed by atoms with E-state index < -0.39 is 5.97 Å². The standard InChI is InChI=1S/C45H31Cl4N5O7/c46-36-11-34(44(55)54-31-7-8-31)38(58-21-27-9-25(15-50)17-52-19-27)13-40(36)60-23-29-3-1-5-32(42(29)48)33-6-2-4-30(43(33)49)24-61-41-14-39(35(45(56)57)12-37(41)47)59-22-28-10-26(16-51)18-53-20-28/h1-6,9-14,17-20,31H,7-8,21-24H2,(H,54,55)(H,56,57). The van der Waals surface area contributed by atoms with Gasteiger partial charge in [0.2, 0.25) is 0 Å². The lowest BCUT2D eigenvalue weighted by Gasteiger charge is -2.17. The summed E-state index contributed by atoms with van der Waals surface area (Å²) in [7, 11) is 0. The number of nitrogens with zero attached hydrogens (tertiary/aromatic N) is 4. The number of aromatic carboxylic acids is 1. The van der Waals surface area contributed by atoms with Gasteiger partial charge in [0.15, 0.2) is 0 Å². The molecule has 16 heteroatoms. The summed E-state index contributed by atoms with van der Waals surface area (Å²) in [4.78, 5) is 33.3. The molecule has 6 aromatic rings. The highest BCUT2D eigenvalue weighted by Crippen LogP contribution is 2.40. The van der Waals surface area contributed by atoms with Crippen LogP contribution in [-0.4, -0.2) is 33.0 Å². The summed E-state index contributed by atoms with van der Waals surface area (Å²) in [6.45, 7) is -0.0902. The minimum Gasteiger partial charge on any atom is -0.488 e. The molecule has 0 radical (unpaired) electrons. The molecule has 1 amide bonds. The third-order valence-electron chi connectivity index (χ3n) is 9.31. The molecule has 2 N–H and O–H groups in total. The lowest BCUT2D eigenvalue weighted by atomic mass is 10.0. The second-order valence-corrected chi connectivity index (χ2v) is 15.3. The van der Waals surface area contributed by atoms with Gasteiger partial charge in [-0.25, -0.2) is 4.79 Å². The Labute approximate surface area is 369 Å². The predicted molar refractivity (Wildman–Crippen MR) is 227 cm³/mol. The van der Waals surface area contributed by atoms with Gasteiger partial charge >= 0.3 is 5.97 Å². The zero-order chi connectivity index (χ0) is 43.0. The van der Waals surface area contributed by atoms with Crippen molar-refractivity contribution in [3.63, 3.8) is 0 Å². The molecule has 1 fully saturated rings. The molecular weight excluding hydrogens is 864 g/mol. The van der Waals surface area contributed by atoms with Crippen molar-refractivity contribution in [2.75, 3.05) is 0 Å². The van der Waals surface area contributed by atoms with Crippen LogP contribution in [0.25, 0.3) is 11.1 Å². The average molecular weight is 896 g/mol. The van der Waals surface area contributed by atoms with E-state index >= 15 is 0 Å². The van der Waals surface area contributed by atoms with Gasteiger partial charge in [-0.05, 0) is 37.1 Å². The van der Waals surface area contributed by atoms with Crippen molar-refractivity contribution in [1.82, 2.24) is 15.3 Å². The van der Waals surface area contributed by atoms with E-state index in [0.29, 0.717) is 54.6 Å². The van der Waals surface area contributed by atoms with Crippen molar-refractivity contribution in [2.45, 2.75) is 45.3 Å². The zero-order valence-electron chi connectivity index (χ0n) is 31.8. The fraction of sp³-hybridized carbons (Fsp3) is 0.156. The second-order valence-electron chi connectivity index (χ2n) is 13.7. The summed E-state index contributed by atoms with van der Waals surface area (Å²) >= 11 is 27.1. The van der Waals surface area contributed by atoms with Crippen LogP contribution in [0.1, 0.15) is 66.9 Å². The molecule has 12 nitrogen and oxygen atoms in total. The van der Waals surface area contributed by atoms with Crippen LogP contribution in [0, 0.1) is 22.7 Å². The van der Waals surface area contributed by atoms with E-state index in [2.05, 4.69) is 21.4 Å². The number of carbonyl (C=O) groups excluding carboxylic acids is 1. The molecule has 0 bridgehead atoms. The SMILES string of the molecule is N#Cc1cncc(COc2cc(OCc3cccc(-c4cccc(COc5cc(OCc6cncc(C#N)c6)c(C(=O)NC6CC6)cc5Cl)c4Cl)c3Cl)c(Cl)cc2C(=O)O)c1. The Hall–Kier alpha value is -6.54. The second kappa shape index (κ2) is 19.2. The fourth-order valence-corrected chi connectivity index (χ4v) is 7.05. The van der Waals surface area contributed by atoms with Crippen molar-refractivity contribution in [3.8, 4) is 46.3 Å². The number of carboxylic acids is 1. The molecule has 61 heavy (non-hydrogen) atoms. The molecule has 0 atom stereocenters. The van der Waals surface area contributed by atoms with Crippen molar-refractivity contribution in [2.24, 2.45) is 0 Å². The predicted octanol–water partition coefficient (Wildman–Crippen LogP) is 10.4. The maximum Gasteiger partial charge on any atom is 0.339 e. The Balaban J connectivity index is 1.08. The lowest BCUT2D eigenvalue weighted by molar-refractivity contribution is 0.0691. The third-order valence-corrected chi connectivity index (χ3v) is 10.8. The molecule has 0 saturated heterocycles. The van der Waals surface area contributed by atoms with Crippen LogP contribution >= 0.6 is 46.4 Å². The first-order chi connectivity index (χ1) is 29.5. The summed E-state index contributed by atoms with van der Waals surface area (Å²) in [6.07, 6.45) is 7.72. The van der Waals surface area contributed by atoms with Crippen LogP contribution in [0.15, 0.2) is 97.6 Å². The number of benzene rings is 4. The van der Waals surface area contributed by atoms with Crippen LogP contribution < -0.4 is 24.3 Å². The van der Waals surface area contributed by atoms with Gasteiger partial charge in [0, 0.05) is 76.3 Å². The molecule has 0 unspecified atom stereocenters. The molecule has 0 aliphatic heterocycles. The molecule has 0 spiro atoms. The topological polar surface area (TPSA) is 177 Å². The smallest absolute Gasteiger partial charge is 0.339 e. The van der Waals surface area contributed by atoms with E-state index in [1.165, 1.54) is 36.8 Å². The van der Waals surface area contributed by atoms with Crippen LogP contribution in [-0.2, 0) is 26.4 Å². The number of hydrogen-bond donors (Lipinski definition) is 2. The molecule has 1 saturated carbocycles. The van der Waals surface area contributed by atoms with Crippen LogP contribution in [0.5, 0.6) is 23.0 Å². The summed E-state index contributed by atoms with van der Waals surface area (Å²) in [5, 5.41) is 32.2. The van der Waals surface area contributed by atoms with Crippen molar-refractivity contribution >= 4 is 58.3 Å². The maximum absolute atomic E-state index is 13.2. The number of pyridine rings is 2. The van der Waals surface area contributed by atoms with E-state index in [4.69, 9.17) is 65.4 Å². The highest BCUT2D eigenvalue weighted by Gasteiger charge is 2.27. The van der Waals surface area contributed by atoms with E-state index in [1.807, 2.05) is 24.3 Å². The number of nitriles is 2. The zero-order valence-corrected chi connectivity index (χ0v) is 34.8. The average Bonchev–Trinajstić information content (AvgIpc) is 4.09. The Morgan fingerprint density at radius 3 is 1.56 bits per heavy atom. The van der Waals surface area contributed by atoms with Gasteiger partial charge in [0.1, 0.15) is 67.1 Å². The minimum absolute atomic E-state index is 0.000164. The summed E-state index contributed by atoms with van der Waals surface area (Å²) in [5.41, 5.74) is 4.36. The lowest BCUT2D eigenvalue weighted by Crippen LogP contribution is -2.26. The first-order valence-corrected chi connectivity index (χ1v) is 20.0. The molecule has 306 valence electrons. The minimum atomic E-state index is -1.26. The van der Waals surface area contributed by atoms with Gasteiger partial charge in [-0.3, -0.25) is 14.8 Å². The van der Waals surface area contributed by atoms with E-state index in [1.54, 1.807) is 42.6 Å². The quantitative estimate of drug-likeness (QED) is 0.0945.